The first-order valence-corrected chi connectivity index (χ1v) is 12.0. The van der Waals surface area contributed by atoms with Crippen LogP contribution >= 0.6 is 0 Å². The van der Waals surface area contributed by atoms with Crippen molar-refractivity contribution in [2.24, 2.45) is 5.92 Å². The molecule has 0 saturated heterocycles. The van der Waals surface area contributed by atoms with E-state index in [-0.39, 0.29) is 54.1 Å². The number of aliphatic hydroxyl groups excluding tert-OH is 1. The highest BCUT2D eigenvalue weighted by atomic mass is 19.1. The highest BCUT2D eigenvalue weighted by Crippen LogP contribution is 2.27. The molecule has 192 valence electrons. The SMILES string of the molecule is CC(C)NC(=O)N(C)C[C@@H]1Oc2ncc(C#Cc3ccccc3F)cc2C(=O)N([C@H](C)CO)C[C@H]1C. The lowest BCUT2D eigenvalue weighted by Gasteiger charge is -2.37. The second-order valence-corrected chi connectivity index (χ2v) is 9.41. The molecule has 2 heterocycles. The van der Waals surface area contributed by atoms with Crippen molar-refractivity contribution in [2.75, 3.05) is 26.7 Å². The van der Waals surface area contributed by atoms with Gasteiger partial charge in [0, 0.05) is 37.3 Å². The Bertz CT molecular complexity index is 1160. The number of aliphatic hydroxyl groups is 1. The normalized spacial score (nSPS) is 18.2. The largest absolute Gasteiger partial charge is 0.472 e. The van der Waals surface area contributed by atoms with Gasteiger partial charge < -0.3 is 25.0 Å². The molecular formula is C27H33FN4O4. The van der Waals surface area contributed by atoms with Crippen molar-refractivity contribution in [1.82, 2.24) is 20.1 Å². The predicted molar refractivity (Wildman–Crippen MR) is 134 cm³/mol. The molecule has 2 aromatic rings. The van der Waals surface area contributed by atoms with Gasteiger partial charge in [-0.15, -0.1) is 0 Å². The van der Waals surface area contributed by atoms with E-state index < -0.39 is 18.0 Å². The minimum absolute atomic E-state index is 0.0135. The number of ether oxygens (including phenoxy) is 1. The van der Waals surface area contributed by atoms with Gasteiger partial charge in [-0.3, -0.25) is 4.79 Å². The van der Waals surface area contributed by atoms with E-state index >= 15 is 0 Å². The zero-order valence-corrected chi connectivity index (χ0v) is 21.3. The Morgan fingerprint density at radius 3 is 2.72 bits per heavy atom. The fraction of sp³-hybridized carbons (Fsp3) is 0.444. The van der Waals surface area contributed by atoms with Crippen molar-refractivity contribution >= 4 is 11.9 Å². The summed E-state index contributed by atoms with van der Waals surface area (Å²) in [5.41, 5.74) is 0.852. The van der Waals surface area contributed by atoms with E-state index in [4.69, 9.17) is 4.74 Å². The standard InChI is InChI=1S/C27H33FN4O4/c1-17(2)30-27(35)31(5)15-24-18(3)14-32(19(4)16-33)26(34)22-12-20(13-29-25(22)36-24)10-11-21-8-6-7-9-23(21)28/h6-9,12-13,17-19,24,33H,14-16H2,1-5H3,(H,30,35)/t18-,19-,24+/m1/s1. The van der Waals surface area contributed by atoms with E-state index in [1.54, 1.807) is 48.0 Å². The first kappa shape index (κ1) is 27.0. The Morgan fingerprint density at radius 1 is 1.33 bits per heavy atom. The number of rotatable bonds is 5. The summed E-state index contributed by atoms with van der Waals surface area (Å²) in [6.07, 6.45) is 1.01. The Morgan fingerprint density at radius 2 is 2.06 bits per heavy atom. The molecule has 1 aromatic heterocycles. The van der Waals surface area contributed by atoms with Gasteiger partial charge in [0.25, 0.3) is 5.91 Å². The lowest BCUT2D eigenvalue weighted by molar-refractivity contribution is 0.0351. The molecular weight excluding hydrogens is 463 g/mol. The lowest BCUT2D eigenvalue weighted by Crippen LogP contribution is -2.51. The van der Waals surface area contributed by atoms with Crippen LogP contribution in [0.15, 0.2) is 36.5 Å². The fourth-order valence-electron chi connectivity index (χ4n) is 3.80. The molecule has 0 radical (unpaired) electrons. The summed E-state index contributed by atoms with van der Waals surface area (Å²) in [6, 6.07) is 7.05. The molecule has 8 nitrogen and oxygen atoms in total. The van der Waals surface area contributed by atoms with Crippen LogP contribution in [0.2, 0.25) is 0 Å². The maximum absolute atomic E-state index is 14.0. The summed E-state index contributed by atoms with van der Waals surface area (Å²) >= 11 is 0. The van der Waals surface area contributed by atoms with Crippen molar-refractivity contribution in [3.05, 3.63) is 59.0 Å². The van der Waals surface area contributed by atoms with E-state index in [0.29, 0.717) is 12.1 Å². The summed E-state index contributed by atoms with van der Waals surface area (Å²) < 4.78 is 20.2. The maximum atomic E-state index is 14.0. The van der Waals surface area contributed by atoms with Gasteiger partial charge >= 0.3 is 6.03 Å². The van der Waals surface area contributed by atoms with Gasteiger partial charge in [0.05, 0.1) is 24.8 Å². The first-order valence-electron chi connectivity index (χ1n) is 12.0. The predicted octanol–water partition coefficient (Wildman–Crippen LogP) is 2.89. The maximum Gasteiger partial charge on any atom is 0.317 e. The van der Waals surface area contributed by atoms with Crippen molar-refractivity contribution < 1.29 is 23.8 Å². The Balaban J connectivity index is 1.97. The molecule has 1 aromatic carbocycles. The third-order valence-corrected chi connectivity index (χ3v) is 5.95. The van der Waals surface area contributed by atoms with E-state index in [9.17, 15) is 19.1 Å². The summed E-state index contributed by atoms with van der Waals surface area (Å²) in [6.45, 7) is 7.83. The second-order valence-electron chi connectivity index (χ2n) is 9.41. The van der Waals surface area contributed by atoms with E-state index in [1.165, 1.54) is 12.3 Å². The number of hydrogen-bond donors (Lipinski definition) is 2. The summed E-state index contributed by atoms with van der Waals surface area (Å²) in [4.78, 5) is 33.4. The number of aromatic nitrogens is 1. The number of likely N-dealkylation sites (N-methyl/N-ethyl adjacent to an activating group) is 1. The molecule has 9 heteroatoms. The molecule has 0 fully saturated rings. The van der Waals surface area contributed by atoms with Crippen molar-refractivity contribution in [3.8, 4) is 17.7 Å². The molecule has 3 amide bonds. The minimum atomic E-state index is -0.462. The van der Waals surface area contributed by atoms with Gasteiger partial charge in [-0.2, -0.15) is 0 Å². The Labute approximate surface area is 211 Å². The van der Waals surface area contributed by atoms with Crippen molar-refractivity contribution in [3.63, 3.8) is 0 Å². The number of urea groups is 1. The molecule has 1 aliphatic heterocycles. The number of carbonyl (C=O) groups is 2. The van der Waals surface area contributed by atoms with Crippen LogP contribution in [-0.2, 0) is 0 Å². The number of halogens is 1. The Hall–Kier alpha value is -3.64. The van der Waals surface area contributed by atoms with E-state index in [2.05, 4.69) is 22.1 Å². The van der Waals surface area contributed by atoms with Crippen LogP contribution < -0.4 is 10.1 Å². The van der Waals surface area contributed by atoms with Crippen LogP contribution in [0.25, 0.3) is 0 Å². The number of nitrogens with one attached hydrogen (secondary N) is 1. The quantitative estimate of drug-likeness (QED) is 0.621. The number of hydrogen-bond acceptors (Lipinski definition) is 5. The minimum Gasteiger partial charge on any atom is -0.472 e. The smallest absolute Gasteiger partial charge is 0.317 e. The van der Waals surface area contributed by atoms with Crippen LogP contribution in [0.1, 0.15) is 49.2 Å². The summed E-state index contributed by atoms with van der Waals surface area (Å²) in [5.74, 6) is 4.82. The van der Waals surface area contributed by atoms with Crippen molar-refractivity contribution in [2.45, 2.75) is 45.9 Å². The van der Waals surface area contributed by atoms with Crippen molar-refractivity contribution in [1.29, 1.82) is 0 Å². The topological polar surface area (TPSA) is 95.0 Å². The zero-order chi connectivity index (χ0) is 26.4. The molecule has 3 rings (SSSR count). The molecule has 0 bridgehead atoms. The number of amides is 3. The molecule has 0 spiro atoms. The Kier molecular flexibility index (Phi) is 8.88. The lowest BCUT2D eigenvalue weighted by atomic mass is 10.00. The van der Waals surface area contributed by atoms with E-state index in [1.807, 2.05) is 20.8 Å². The zero-order valence-electron chi connectivity index (χ0n) is 21.3. The monoisotopic (exact) mass is 496 g/mol. The average Bonchev–Trinajstić information content (AvgIpc) is 2.84. The number of fused-ring (bicyclic) bond motifs is 1. The molecule has 2 N–H and O–H groups in total. The molecule has 36 heavy (non-hydrogen) atoms. The molecule has 0 aliphatic carbocycles. The van der Waals surface area contributed by atoms with Gasteiger partial charge in [-0.05, 0) is 39.0 Å². The van der Waals surface area contributed by atoms with Gasteiger partial charge in [0.15, 0.2) is 0 Å². The highest BCUT2D eigenvalue weighted by Gasteiger charge is 2.34. The van der Waals surface area contributed by atoms with Crippen LogP contribution in [0, 0.1) is 23.6 Å². The van der Waals surface area contributed by atoms with Gasteiger partial charge in [0.1, 0.15) is 17.5 Å². The third-order valence-electron chi connectivity index (χ3n) is 5.95. The van der Waals surface area contributed by atoms with Gasteiger partial charge in [0.2, 0.25) is 5.88 Å². The number of nitrogens with zero attached hydrogens (tertiary/aromatic N) is 3. The van der Waals surface area contributed by atoms with Gasteiger partial charge in [-0.1, -0.05) is 30.9 Å². The highest BCUT2D eigenvalue weighted by molar-refractivity contribution is 5.97. The third kappa shape index (κ3) is 6.52. The average molecular weight is 497 g/mol. The fourth-order valence-corrected chi connectivity index (χ4v) is 3.80. The molecule has 3 atom stereocenters. The van der Waals surface area contributed by atoms with Gasteiger partial charge in [-0.25, -0.2) is 14.2 Å². The summed E-state index contributed by atoms with van der Waals surface area (Å²) in [5, 5.41) is 12.7. The van der Waals surface area contributed by atoms with Crippen LogP contribution in [0.3, 0.4) is 0 Å². The van der Waals surface area contributed by atoms with Crippen LogP contribution in [0.5, 0.6) is 5.88 Å². The van der Waals surface area contributed by atoms with Crippen LogP contribution in [-0.4, -0.2) is 76.8 Å². The van der Waals surface area contributed by atoms with Crippen LogP contribution in [0.4, 0.5) is 9.18 Å². The van der Waals surface area contributed by atoms with E-state index in [0.717, 1.165) is 0 Å². The number of benzene rings is 1. The second kappa shape index (κ2) is 11.9. The number of carbonyl (C=O) groups excluding carboxylic acids is 2. The summed E-state index contributed by atoms with van der Waals surface area (Å²) in [7, 11) is 1.68. The molecule has 0 saturated carbocycles. The first-order chi connectivity index (χ1) is 17.1. The number of pyridine rings is 1. The molecule has 0 unspecified atom stereocenters. The molecule has 1 aliphatic rings.